The Balaban J connectivity index is 2.08. The largest absolute Gasteiger partial charge is 0.348 e. The third-order valence-electron chi connectivity index (χ3n) is 2.43. The van der Waals surface area contributed by atoms with Crippen LogP contribution < -0.4 is 5.32 Å². The number of aromatic nitrogens is 1. The second-order valence-electron chi connectivity index (χ2n) is 3.78. The van der Waals surface area contributed by atoms with Gasteiger partial charge in [0.2, 0.25) is 5.95 Å². The maximum atomic E-state index is 13.3. The summed E-state index contributed by atoms with van der Waals surface area (Å²) in [6, 6.07) is 8.44. The number of benzene rings is 1. The molecule has 19 heavy (non-hydrogen) atoms. The number of pyridine rings is 1. The molecule has 1 N–H and O–H groups in total. The Labute approximate surface area is 116 Å². The molecule has 1 amide bonds. The molecule has 0 aliphatic carbocycles. The van der Waals surface area contributed by atoms with Crippen LogP contribution in [0.4, 0.5) is 8.78 Å². The van der Waals surface area contributed by atoms with Crippen LogP contribution in [0.15, 0.2) is 41.0 Å². The van der Waals surface area contributed by atoms with E-state index in [1.165, 1.54) is 0 Å². The van der Waals surface area contributed by atoms with Gasteiger partial charge in [0, 0.05) is 17.2 Å². The third-order valence-corrected chi connectivity index (χ3v) is 2.93. The molecule has 1 heterocycles. The number of rotatable bonds is 3. The lowest BCUT2D eigenvalue weighted by molar-refractivity contribution is 0.0945. The van der Waals surface area contributed by atoms with Crippen molar-refractivity contribution in [3.8, 4) is 0 Å². The standard InChI is InChI=1S/C13H9BrF2N2O/c14-9-3-1-2-8(6-9)7-18-13(19)10-4-5-17-12(16)11(10)15/h1-6H,7H2,(H,18,19). The van der Waals surface area contributed by atoms with E-state index in [9.17, 15) is 13.6 Å². The highest BCUT2D eigenvalue weighted by Crippen LogP contribution is 2.12. The van der Waals surface area contributed by atoms with Crippen LogP contribution in [0.25, 0.3) is 0 Å². The maximum absolute atomic E-state index is 13.3. The molecule has 0 saturated heterocycles. The van der Waals surface area contributed by atoms with Gasteiger partial charge >= 0.3 is 0 Å². The highest BCUT2D eigenvalue weighted by molar-refractivity contribution is 9.10. The van der Waals surface area contributed by atoms with Crippen molar-refractivity contribution in [2.75, 3.05) is 0 Å². The number of halogens is 3. The van der Waals surface area contributed by atoms with Gasteiger partial charge in [0.05, 0.1) is 5.56 Å². The van der Waals surface area contributed by atoms with Crippen molar-refractivity contribution in [1.29, 1.82) is 0 Å². The fourth-order valence-electron chi connectivity index (χ4n) is 1.52. The van der Waals surface area contributed by atoms with Crippen molar-refractivity contribution < 1.29 is 13.6 Å². The van der Waals surface area contributed by atoms with Crippen molar-refractivity contribution in [3.05, 3.63) is 63.9 Å². The zero-order valence-corrected chi connectivity index (χ0v) is 11.2. The van der Waals surface area contributed by atoms with Crippen LogP contribution in [0.2, 0.25) is 0 Å². The Morgan fingerprint density at radius 3 is 2.84 bits per heavy atom. The van der Waals surface area contributed by atoms with E-state index in [1.807, 2.05) is 24.3 Å². The predicted molar refractivity (Wildman–Crippen MR) is 69.5 cm³/mol. The minimum atomic E-state index is -1.28. The van der Waals surface area contributed by atoms with E-state index in [4.69, 9.17) is 0 Å². The molecule has 0 saturated carbocycles. The van der Waals surface area contributed by atoms with Gasteiger partial charge in [0.25, 0.3) is 5.91 Å². The van der Waals surface area contributed by atoms with Gasteiger partial charge in [-0.05, 0) is 23.8 Å². The van der Waals surface area contributed by atoms with E-state index in [1.54, 1.807) is 0 Å². The Morgan fingerprint density at radius 1 is 1.32 bits per heavy atom. The summed E-state index contributed by atoms with van der Waals surface area (Å²) in [5.41, 5.74) is 0.486. The monoisotopic (exact) mass is 326 g/mol. The van der Waals surface area contributed by atoms with Gasteiger partial charge in [0.1, 0.15) is 0 Å². The van der Waals surface area contributed by atoms with Gasteiger partial charge in [-0.3, -0.25) is 4.79 Å². The minimum absolute atomic E-state index is 0.224. The Bertz CT molecular complexity index is 619. The van der Waals surface area contributed by atoms with E-state index >= 15 is 0 Å². The molecule has 0 atom stereocenters. The van der Waals surface area contributed by atoms with E-state index in [0.29, 0.717) is 0 Å². The number of hydrogen-bond donors (Lipinski definition) is 1. The lowest BCUT2D eigenvalue weighted by Crippen LogP contribution is -2.24. The van der Waals surface area contributed by atoms with Crippen LogP contribution >= 0.6 is 15.9 Å². The maximum Gasteiger partial charge on any atom is 0.254 e. The second-order valence-corrected chi connectivity index (χ2v) is 4.69. The molecule has 0 unspecified atom stereocenters. The molecule has 0 fully saturated rings. The Hall–Kier alpha value is -1.82. The summed E-state index contributed by atoms with van der Waals surface area (Å²) in [4.78, 5) is 14.8. The highest BCUT2D eigenvalue weighted by Gasteiger charge is 2.15. The Kier molecular flexibility index (Phi) is 4.21. The third kappa shape index (κ3) is 3.35. The minimum Gasteiger partial charge on any atom is -0.348 e. The number of hydrogen-bond acceptors (Lipinski definition) is 2. The van der Waals surface area contributed by atoms with Crippen LogP contribution in [0.1, 0.15) is 15.9 Å². The first kappa shape index (κ1) is 13.6. The molecular formula is C13H9BrF2N2O. The zero-order valence-electron chi connectivity index (χ0n) is 9.66. The molecule has 1 aromatic carbocycles. The lowest BCUT2D eigenvalue weighted by Gasteiger charge is -2.06. The quantitative estimate of drug-likeness (QED) is 0.881. The van der Waals surface area contributed by atoms with E-state index in [-0.39, 0.29) is 12.1 Å². The Morgan fingerprint density at radius 2 is 2.11 bits per heavy atom. The van der Waals surface area contributed by atoms with Gasteiger partial charge in [-0.15, -0.1) is 0 Å². The second kappa shape index (κ2) is 5.88. The first-order valence-corrected chi connectivity index (χ1v) is 6.20. The number of carbonyl (C=O) groups excluding carboxylic acids is 1. The molecule has 2 rings (SSSR count). The van der Waals surface area contributed by atoms with E-state index in [2.05, 4.69) is 26.2 Å². The summed E-state index contributed by atoms with van der Waals surface area (Å²) in [6.07, 6.45) is 1.05. The van der Waals surface area contributed by atoms with Crippen LogP contribution in [0.3, 0.4) is 0 Å². The molecule has 1 aromatic heterocycles. The van der Waals surface area contributed by atoms with Gasteiger partial charge in [-0.2, -0.15) is 4.39 Å². The molecule has 0 bridgehead atoms. The molecule has 6 heteroatoms. The first-order valence-electron chi connectivity index (χ1n) is 5.40. The molecule has 0 aliphatic rings. The van der Waals surface area contributed by atoms with Crippen molar-refractivity contribution >= 4 is 21.8 Å². The SMILES string of the molecule is O=C(NCc1cccc(Br)c1)c1ccnc(F)c1F. The summed E-state index contributed by atoms with van der Waals surface area (Å²) in [7, 11) is 0. The zero-order chi connectivity index (χ0) is 13.8. The topological polar surface area (TPSA) is 42.0 Å². The van der Waals surface area contributed by atoms with Crippen molar-refractivity contribution in [3.63, 3.8) is 0 Å². The van der Waals surface area contributed by atoms with Crippen LogP contribution in [-0.4, -0.2) is 10.9 Å². The predicted octanol–water partition coefficient (Wildman–Crippen LogP) is 3.05. The summed E-state index contributed by atoms with van der Waals surface area (Å²) in [5.74, 6) is -3.21. The summed E-state index contributed by atoms with van der Waals surface area (Å²) >= 11 is 3.30. The summed E-state index contributed by atoms with van der Waals surface area (Å²) < 4.78 is 27.1. The lowest BCUT2D eigenvalue weighted by atomic mass is 10.2. The number of amides is 1. The van der Waals surface area contributed by atoms with E-state index in [0.717, 1.165) is 22.3 Å². The fourth-order valence-corrected chi connectivity index (χ4v) is 1.96. The normalized spacial score (nSPS) is 10.3. The van der Waals surface area contributed by atoms with Gasteiger partial charge < -0.3 is 5.32 Å². The molecule has 0 spiro atoms. The molecular weight excluding hydrogens is 318 g/mol. The molecule has 0 radical (unpaired) electrons. The molecule has 0 aliphatic heterocycles. The van der Waals surface area contributed by atoms with Gasteiger partial charge in [0.15, 0.2) is 5.82 Å². The van der Waals surface area contributed by atoms with E-state index < -0.39 is 17.7 Å². The molecule has 3 nitrogen and oxygen atoms in total. The van der Waals surface area contributed by atoms with Crippen LogP contribution in [0, 0.1) is 11.8 Å². The van der Waals surface area contributed by atoms with Gasteiger partial charge in [-0.25, -0.2) is 9.37 Å². The fraction of sp³-hybridized carbons (Fsp3) is 0.0769. The molecule has 98 valence electrons. The van der Waals surface area contributed by atoms with Crippen molar-refractivity contribution in [2.45, 2.75) is 6.54 Å². The number of nitrogens with zero attached hydrogens (tertiary/aromatic N) is 1. The van der Waals surface area contributed by atoms with Crippen molar-refractivity contribution in [1.82, 2.24) is 10.3 Å². The number of nitrogens with one attached hydrogen (secondary N) is 1. The highest BCUT2D eigenvalue weighted by atomic mass is 79.9. The summed E-state index contributed by atoms with van der Waals surface area (Å²) in [6.45, 7) is 0.224. The molecule has 2 aromatic rings. The smallest absolute Gasteiger partial charge is 0.254 e. The van der Waals surface area contributed by atoms with Crippen LogP contribution in [0.5, 0.6) is 0 Å². The number of carbonyl (C=O) groups is 1. The van der Waals surface area contributed by atoms with Crippen molar-refractivity contribution in [2.24, 2.45) is 0 Å². The average Bonchev–Trinajstić information content (AvgIpc) is 2.39. The average molecular weight is 327 g/mol. The van der Waals surface area contributed by atoms with Gasteiger partial charge in [-0.1, -0.05) is 28.1 Å². The van der Waals surface area contributed by atoms with Crippen LogP contribution in [-0.2, 0) is 6.54 Å². The first-order chi connectivity index (χ1) is 9.08. The summed E-state index contributed by atoms with van der Waals surface area (Å²) in [5, 5.41) is 2.52.